The lowest BCUT2D eigenvalue weighted by Crippen LogP contribution is -2.46. The number of carbonyl (C=O) groups is 4. The monoisotopic (exact) mass is 450 g/mol. The van der Waals surface area contributed by atoms with Gasteiger partial charge in [0.1, 0.15) is 12.5 Å². The third kappa shape index (κ3) is 7.45. The molecule has 2 aliphatic rings. The molecule has 178 valence electrons. The normalized spacial score (nSPS) is 20.5. The van der Waals surface area contributed by atoms with E-state index in [1.807, 2.05) is 0 Å². The van der Waals surface area contributed by atoms with Crippen LogP contribution < -0.4 is 10.6 Å². The number of unbranched alkanes of at least 4 members (excludes halogenated alkanes) is 3. The number of urea groups is 2. The number of likely N-dealkylation sites (tertiary alicyclic amines) is 2. The van der Waals surface area contributed by atoms with Gasteiger partial charge in [-0.05, 0) is 12.8 Å². The summed E-state index contributed by atoms with van der Waals surface area (Å²) >= 11 is 0. The van der Waals surface area contributed by atoms with Gasteiger partial charge in [0.2, 0.25) is 11.8 Å². The van der Waals surface area contributed by atoms with Crippen molar-refractivity contribution in [3.05, 3.63) is 25.3 Å². The maximum Gasteiger partial charge on any atom is 0.326 e. The molecule has 32 heavy (non-hydrogen) atoms. The van der Waals surface area contributed by atoms with Gasteiger partial charge in [0.05, 0.1) is 13.2 Å². The molecule has 2 N–H and O–H groups in total. The molecular formula is C22H34N4O6. The molecule has 2 fully saturated rings. The second-order valence-corrected chi connectivity index (χ2v) is 7.64. The predicted octanol–water partition coefficient (Wildman–Crippen LogP) is 2.27. The molecule has 2 heterocycles. The van der Waals surface area contributed by atoms with E-state index < -0.39 is 24.5 Å². The summed E-state index contributed by atoms with van der Waals surface area (Å²) < 4.78 is 10.9. The van der Waals surface area contributed by atoms with Gasteiger partial charge in [-0.2, -0.15) is 0 Å². The molecule has 10 nitrogen and oxygen atoms in total. The molecule has 0 aromatic rings. The highest BCUT2D eigenvalue weighted by atomic mass is 16.5. The maximum absolute atomic E-state index is 12.3. The van der Waals surface area contributed by atoms with Crippen LogP contribution in [0.4, 0.5) is 9.59 Å². The van der Waals surface area contributed by atoms with Gasteiger partial charge < -0.3 is 20.1 Å². The number of rotatable bonds is 13. The highest BCUT2D eigenvalue weighted by Crippen LogP contribution is 2.20. The SMILES string of the molecule is C=CCOC1CCC(=O)N1C(=O)NCCCCCCNC(=O)N1C(=O)CCC1OCC=C. The Morgan fingerprint density at radius 3 is 1.59 bits per heavy atom. The summed E-state index contributed by atoms with van der Waals surface area (Å²) in [7, 11) is 0. The fourth-order valence-corrected chi connectivity index (χ4v) is 3.64. The van der Waals surface area contributed by atoms with Crippen molar-refractivity contribution in [2.75, 3.05) is 26.3 Å². The summed E-state index contributed by atoms with van der Waals surface area (Å²) in [6, 6.07) is -0.866. The third-order valence-electron chi connectivity index (χ3n) is 5.23. The van der Waals surface area contributed by atoms with Crippen molar-refractivity contribution in [3.63, 3.8) is 0 Å². The molecule has 0 spiro atoms. The summed E-state index contributed by atoms with van der Waals surface area (Å²) in [5.74, 6) is -0.471. The first-order valence-electron chi connectivity index (χ1n) is 11.1. The van der Waals surface area contributed by atoms with E-state index in [2.05, 4.69) is 23.8 Å². The van der Waals surface area contributed by atoms with Gasteiger partial charge in [-0.1, -0.05) is 25.0 Å². The number of carbonyl (C=O) groups excluding carboxylic acids is 4. The van der Waals surface area contributed by atoms with Crippen LogP contribution in [0.25, 0.3) is 0 Å². The molecule has 0 radical (unpaired) electrons. The number of ether oxygens (including phenoxy) is 2. The number of nitrogens with zero attached hydrogens (tertiary/aromatic N) is 2. The maximum atomic E-state index is 12.3. The topological polar surface area (TPSA) is 117 Å². The zero-order chi connectivity index (χ0) is 23.3. The molecule has 0 saturated carbocycles. The first kappa shape index (κ1) is 25.5. The van der Waals surface area contributed by atoms with Crippen LogP contribution in [-0.2, 0) is 19.1 Å². The van der Waals surface area contributed by atoms with E-state index in [-0.39, 0.29) is 25.0 Å². The van der Waals surface area contributed by atoms with E-state index in [0.717, 1.165) is 35.5 Å². The fourth-order valence-electron chi connectivity index (χ4n) is 3.64. The van der Waals surface area contributed by atoms with Gasteiger partial charge in [-0.15, -0.1) is 13.2 Å². The highest BCUT2D eigenvalue weighted by Gasteiger charge is 2.37. The van der Waals surface area contributed by atoms with Crippen LogP contribution in [0.15, 0.2) is 25.3 Å². The molecule has 0 aromatic heterocycles. The standard InChI is InChI=1S/C22H34N4O6/c1-3-15-31-19-11-9-17(27)25(19)21(29)23-13-7-5-6-8-14-24-22(30)26-18(28)10-12-20(26)32-16-4-2/h3-4,19-20H,1-2,5-16H2,(H,23,29)(H,24,30). The Kier molecular flexibility index (Phi) is 10.9. The highest BCUT2D eigenvalue weighted by molar-refractivity contribution is 5.96. The van der Waals surface area contributed by atoms with Crippen LogP contribution in [0, 0.1) is 0 Å². The summed E-state index contributed by atoms with van der Waals surface area (Å²) in [4.78, 5) is 50.7. The number of hydrogen-bond acceptors (Lipinski definition) is 6. The lowest BCUT2D eigenvalue weighted by Gasteiger charge is -2.23. The van der Waals surface area contributed by atoms with Gasteiger partial charge in [-0.3, -0.25) is 9.59 Å². The first-order chi connectivity index (χ1) is 15.5. The average molecular weight is 451 g/mol. The Morgan fingerprint density at radius 2 is 1.22 bits per heavy atom. The minimum Gasteiger partial charge on any atom is -0.354 e. The zero-order valence-electron chi connectivity index (χ0n) is 18.6. The molecule has 2 saturated heterocycles. The van der Waals surface area contributed by atoms with Crippen LogP contribution in [0.3, 0.4) is 0 Å². The first-order valence-corrected chi connectivity index (χ1v) is 11.1. The Labute approximate surface area is 189 Å². The van der Waals surface area contributed by atoms with Crippen molar-refractivity contribution in [2.24, 2.45) is 0 Å². The van der Waals surface area contributed by atoms with Crippen molar-refractivity contribution in [3.8, 4) is 0 Å². The van der Waals surface area contributed by atoms with E-state index in [1.54, 1.807) is 12.2 Å². The Hall–Kier alpha value is -2.72. The molecule has 2 atom stereocenters. The quantitative estimate of drug-likeness (QED) is 0.328. The summed E-state index contributed by atoms with van der Waals surface area (Å²) in [6.07, 6.45) is 6.90. The van der Waals surface area contributed by atoms with E-state index in [9.17, 15) is 19.2 Å². The summed E-state index contributed by atoms with van der Waals surface area (Å²) in [5, 5.41) is 5.52. The largest absolute Gasteiger partial charge is 0.354 e. The van der Waals surface area contributed by atoms with Gasteiger partial charge in [0.15, 0.2) is 0 Å². The van der Waals surface area contributed by atoms with Crippen LogP contribution in [0.5, 0.6) is 0 Å². The van der Waals surface area contributed by atoms with E-state index in [4.69, 9.17) is 9.47 Å². The number of hydrogen-bond donors (Lipinski definition) is 2. The Balaban J connectivity index is 1.56. The average Bonchev–Trinajstić information content (AvgIpc) is 3.34. The minimum absolute atomic E-state index is 0.235. The van der Waals surface area contributed by atoms with Gasteiger partial charge in [0, 0.05) is 38.8 Å². The van der Waals surface area contributed by atoms with E-state index in [1.165, 1.54) is 0 Å². The summed E-state index contributed by atoms with van der Waals surface area (Å²) in [6.45, 7) is 8.61. The van der Waals surface area contributed by atoms with Crippen molar-refractivity contribution < 1.29 is 28.7 Å². The van der Waals surface area contributed by atoms with Crippen LogP contribution in [0.2, 0.25) is 0 Å². The smallest absolute Gasteiger partial charge is 0.326 e. The molecular weight excluding hydrogens is 416 g/mol. The Morgan fingerprint density at radius 1 is 0.812 bits per heavy atom. The number of nitrogens with one attached hydrogen (secondary N) is 2. The number of imide groups is 2. The molecule has 0 bridgehead atoms. The molecule has 10 heteroatoms. The van der Waals surface area contributed by atoms with Crippen molar-refractivity contribution in [1.29, 1.82) is 0 Å². The lowest BCUT2D eigenvalue weighted by molar-refractivity contribution is -0.131. The van der Waals surface area contributed by atoms with E-state index >= 15 is 0 Å². The molecule has 0 aliphatic carbocycles. The van der Waals surface area contributed by atoms with Crippen LogP contribution in [0.1, 0.15) is 51.4 Å². The van der Waals surface area contributed by atoms with Crippen molar-refractivity contribution in [2.45, 2.75) is 63.8 Å². The molecule has 2 rings (SSSR count). The minimum atomic E-state index is -0.534. The van der Waals surface area contributed by atoms with Crippen molar-refractivity contribution >= 4 is 23.9 Å². The zero-order valence-corrected chi connectivity index (χ0v) is 18.6. The molecule has 2 unspecified atom stereocenters. The van der Waals surface area contributed by atoms with Gasteiger partial charge in [0.25, 0.3) is 0 Å². The molecule has 0 aromatic carbocycles. The van der Waals surface area contributed by atoms with Crippen LogP contribution in [-0.4, -0.2) is 72.4 Å². The second kappa shape index (κ2) is 13.6. The van der Waals surface area contributed by atoms with E-state index in [0.29, 0.717) is 38.8 Å². The van der Waals surface area contributed by atoms with Gasteiger partial charge >= 0.3 is 12.1 Å². The van der Waals surface area contributed by atoms with Crippen LogP contribution >= 0.6 is 0 Å². The molecule has 6 amide bonds. The Bertz CT molecular complexity index is 640. The van der Waals surface area contributed by atoms with Gasteiger partial charge in [-0.25, -0.2) is 19.4 Å². The predicted molar refractivity (Wildman–Crippen MR) is 117 cm³/mol. The van der Waals surface area contributed by atoms with Crippen molar-refractivity contribution in [1.82, 2.24) is 20.4 Å². The fraction of sp³-hybridized carbons (Fsp3) is 0.636. The number of amides is 6. The molecule has 2 aliphatic heterocycles. The second-order valence-electron chi connectivity index (χ2n) is 7.64. The summed E-state index contributed by atoms with van der Waals surface area (Å²) in [5.41, 5.74) is 0. The third-order valence-corrected chi connectivity index (χ3v) is 5.23. The lowest BCUT2D eigenvalue weighted by atomic mass is 10.2.